The van der Waals surface area contributed by atoms with Crippen LogP contribution in [-0.2, 0) is 0 Å². The fourth-order valence-corrected chi connectivity index (χ4v) is 3.86. The maximum absolute atomic E-state index is 13.4. The fraction of sp³-hybridized carbons (Fsp3) is 0.286. The molecule has 2 heterocycles. The normalized spacial score (nSPS) is 11.5. The van der Waals surface area contributed by atoms with Gasteiger partial charge in [0.05, 0.1) is 16.7 Å². The first kappa shape index (κ1) is 15.2. The average Bonchev–Trinajstić information content (AvgIpc) is 2.85. The van der Waals surface area contributed by atoms with Gasteiger partial charge in [-0.1, -0.05) is 25.2 Å². The number of rotatable bonds is 3. The average molecular weight is 338 g/mol. The lowest BCUT2D eigenvalue weighted by molar-refractivity contribution is 0.510. The second kappa shape index (κ2) is 5.85. The number of fused-ring (bicyclic) bond motifs is 1. The van der Waals surface area contributed by atoms with E-state index in [4.69, 9.17) is 0 Å². The molecule has 0 amide bonds. The monoisotopic (exact) mass is 338 g/mol. The molecule has 0 spiro atoms. The van der Waals surface area contributed by atoms with E-state index < -0.39 is 11.6 Å². The Kier molecular flexibility index (Phi) is 4.05. The summed E-state index contributed by atoms with van der Waals surface area (Å²) in [4.78, 5) is 8.88. The molecule has 8 heteroatoms. The van der Waals surface area contributed by atoms with Crippen molar-refractivity contribution in [1.82, 2.24) is 20.2 Å². The van der Waals surface area contributed by atoms with Crippen LogP contribution in [0.1, 0.15) is 30.5 Å². The van der Waals surface area contributed by atoms with Gasteiger partial charge in [0, 0.05) is 12.1 Å². The predicted octanol–water partition coefficient (Wildman–Crippen LogP) is 4.34. The molecule has 0 aliphatic rings. The number of halogens is 2. The van der Waals surface area contributed by atoms with Crippen molar-refractivity contribution in [1.29, 1.82) is 0 Å². The smallest absolute Gasteiger partial charge is 0.180 e. The topological polar surface area (TPSA) is 51.6 Å². The van der Waals surface area contributed by atoms with Crippen LogP contribution in [0.15, 0.2) is 21.5 Å². The zero-order valence-electron chi connectivity index (χ0n) is 12.1. The number of hydrogen-bond acceptors (Lipinski definition) is 6. The van der Waals surface area contributed by atoms with Crippen molar-refractivity contribution in [2.75, 3.05) is 0 Å². The Morgan fingerprint density at radius 1 is 1.05 bits per heavy atom. The highest BCUT2D eigenvalue weighted by Gasteiger charge is 2.17. The van der Waals surface area contributed by atoms with Crippen molar-refractivity contribution in [3.63, 3.8) is 0 Å². The number of nitrogens with zero attached hydrogens (tertiary/aromatic N) is 4. The Balaban J connectivity index is 2.14. The minimum atomic E-state index is -0.929. The zero-order valence-corrected chi connectivity index (χ0v) is 13.7. The highest BCUT2D eigenvalue weighted by Crippen LogP contribution is 2.34. The van der Waals surface area contributed by atoms with E-state index in [0.29, 0.717) is 16.1 Å². The first-order chi connectivity index (χ1) is 10.4. The third-order valence-corrected chi connectivity index (χ3v) is 4.82. The first-order valence-electron chi connectivity index (χ1n) is 6.58. The molecular formula is C14H12F2N4S2. The summed E-state index contributed by atoms with van der Waals surface area (Å²) in [6.07, 6.45) is 0. The van der Waals surface area contributed by atoms with Gasteiger partial charge in [-0.05, 0) is 24.6 Å². The summed E-state index contributed by atoms with van der Waals surface area (Å²) in [6, 6.07) is 2.14. The second-order valence-corrected chi connectivity index (χ2v) is 7.43. The Morgan fingerprint density at radius 3 is 2.23 bits per heavy atom. The summed E-state index contributed by atoms with van der Waals surface area (Å²) < 4.78 is 27.5. The van der Waals surface area contributed by atoms with Crippen LogP contribution >= 0.6 is 23.1 Å². The quantitative estimate of drug-likeness (QED) is 0.711. The summed E-state index contributed by atoms with van der Waals surface area (Å²) in [5.41, 5.74) is 1.41. The van der Waals surface area contributed by atoms with Gasteiger partial charge in [0.2, 0.25) is 0 Å². The van der Waals surface area contributed by atoms with Gasteiger partial charge >= 0.3 is 0 Å². The lowest BCUT2D eigenvalue weighted by atomic mass is 10.1. The largest absolute Gasteiger partial charge is 0.248 e. The molecule has 0 radical (unpaired) electrons. The van der Waals surface area contributed by atoms with Crippen molar-refractivity contribution in [2.24, 2.45) is 0 Å². The van der Waals surface area contributed by atoms with Gasteiger partial charge in [-0.2, -0.15) is 0 Å². The molecule has 22 heavy (non-hydrogen) atoms. The molecular weight excluding hydrogens is 326 g/mol. The van der Waals surface area contributed by atoms with Crippen LogP contribution in [0.25, 0.3) is 11.0 Å². The van der Waals surface area contributed by atoms with Gasteiger partial charge in [0.25, 0.3) is 0 Å². The van der Waals surface area contributed by atoms with Crippen molar-refractivity contribution >= 4 is 34.1 Å². The standard InChI is InChI=1S/C14H12F2N4S2/c1-6(2)12-13(22-14-20-19-7(3)21-14)18-11-5-9(16)8(15)4-10(11)17-12/h4-6H,1-3H3. The molecule has 2 aromatic heterocycles. The van der Waals surface area contributed by atoms with Crippen LogP contribution in [0.4, 0.5) is 8.78 Å². The first-order valence-corrected chi connectivity index (χ1v) is 8.22. The van der Waals surface area contributed by atoms with Crippen LogP contribution in [0.3, 0.4) is 0 Å². The summed E-state index contributed by atoms with van der Waals surface area (Å²) in [5.74, 6) is -1.75. The molecule has 0 unspecified atom stereocenters. The second-order valence-electron chi connectivity index (χ2n) is 5.01. The minimum Gasteiger partial charge on any atom is -0.248 e. The SMILES string of the molecule is Cc1nnc(Sc2nc3cc(F)c(F)cc3nc2C(C)C)s1. The van der Waals surface area contributed by atoms with Crippen LogP contribution in [-0.4, -0.2) is 20.2 Å². The van der Waals surface area contributed by atoms with E-state index in [-0.39, 0.29) is 5.92 Å². The number of aryl methyl sites for hydroxylation is 1. The lowest BCUT2D eigenvalue weighted by Crippen LogP contribution is -2.01. The molecule has 0 saturated carbocycles. The van der Waals surface area contributed by atoms with Gasteiger partial charge in [0.15, 0.2) is 16.0 Å². The predicted molar refractivity (Wildman–Crippen MR) is 82.3 cm³/mol. The molecule has 0 fully saturated rings. The van der Waals surface area contributed by atoms with E-state index in [9.17, 15) is 8.78 Å². The fourth-order valence-electron chi connectivity index (χ4n) is 1.90. The van der Waals surface area contributed by atoms with E-state index >= 15 is 0 Å². The van der Waals surface area contributed by atoms with E-state index in [1.54, 1.807) is 0 Å². The highest BCUT2D eigenvalue weighted by molar-refractivity contribution is 8.01. The molecule has 3 rings (SSSR count). The lowest BCUT2D eigenvalue weighted by Gasteiger charge is -2.11. The van der Waals surface area contributed by atoms with Crippen LogP contribution in [0.5, 0.6) is 0 Å². The maximum atomic E-state index is 13.4. The molecule has 0 N–H and O–H groups in total. The number of aromatic nitrogens is 4. The minimum absolute atomic E-state index is 0.0986. The Labute approximate surface area is 134 Å². The number of hydrogen-bond donors (Lipinski definition) is 0. The zero-order chi connectivity index (χ0) is 15.9. The van der Waals surface area contributed by atoms with Crippen molar-refractivity contribution < 1.29 is 8.78 Å². The van der Waals surface area contributed by atoms with Gasteiger partial charge in [-0.25, -0.2) is 18.7 Å². The molecule has 1 aromatic carbocycles. The molecule has 4 nitrogen and oxygen atoms in total. The molecule has 0 aliphatic heterocycles. The van der Waals surface area contributed by atoms with E-state index in [2.05, 4.69) is 20.2 Å². The molecule has 0 atom stereocenters. The molecule has 0 bridgehead atoms. The Morgan fingerprint density at radius 2 is 1.68 bits per heavy atom. The number of benzene rings is 1. The molecule has 114 valence electrons. The van der Waals surface area contributed by atoms with Gasteiger partial charge in [-0.3, -0.25) is 0 Å². The van der Waals surface area contributed by atoms with E-state index in [1.165, 1.54) is 23.1 Å². The summed E-state index contributed by atoms with van der Waals surface area (Å²) in [5, 5.41) is 9.52. The van der Waals surface area contributed by atoms with Gasteiger partial charge in [0.1, 0.15) is 10.0 Å². The van der Waals surface area contributed by atoms with Crippen molar-refractivity contribution in [3.05, 3.63) is 34.5 Å². The van der Waals surface area contributed by atoms with Crippen molar-refractivity contribution in [3.8, 4) is 0 Å². The van der Waals surface area contributed by atoms with Crippen LogP contribution < -0.4 is 0 Å². The Hall–Kier alpha value is -1.67. The van der Waals surface area contributed by atoms with Crippen LogP contribution in [0, 0.1) is 18.6 Å². The molecule has 0 aliphatic carbocycles. The van der Waals surface area contributed by atoms with Crippen molar-refractivity contribution in [2.45, 2.75) is 36.1 Å². The molecule has 0 saturated heterocycles. The summed E-state index contributed by atoms with van der Waals surface area (Å²) in [7, 11) is 0. The molecule has 3 aromatic rings. The third-order valence-electron chi connectivity index (χ3n) is 2.94. The van der Waals surface area contributed by atoms with E-state index in [1.807, 2.05) is 20.8 Å². The third kappa shape index (κ3) is 2.93. The maximum Gasteiger partial charge on any atom is 0.180 e. The summed E-state index contributed by atoms with van der Waals surface area (Å²) >= 11 is 2.80. The van der Waals surface area contributed by atoms with Gasteiger partial charge < -0.3 is 0 Å². The van der Waals surface area contributed by atoms with Crippen LogP contribution in [0.2, 0.25) is 0 Å². The van der Waals surface area contributed by atoms with Gasteiger partial charge in [-0.15, -0.1) is 10.2 Å². The highest BCUT2D eigenvalue weighted by atomic mass is 32.2. The summed E-state index contributed by atoms with van der Waals surface area (Å²) in [6.45, 7) is 5.82. The Bertz CT molecular complexity index is 848. The van der Waals surface area contributed by atoms with E-state index in [0.717, 1.165) is 27.2 Å².